The molecule has 0 aliphatic heterocycles. The third kappa shape index (κ3) is 4.84. The molecule has 0 fully saturated rings. The molecule has 1 rings (SSSR count). The zero-order chi connectivity index (χ0) is 14.4. The molecule has 1 aromatic rings. The minimum absolute atomic E-state index is 0.276. The first kappa shape index (κ1) is 16.0. The summed E-state index contributed by atoms with van der Waals surface area (Å²) < 4.78 is 0.621. The molecule has 2 atom stereocenters. The lowest BCUT2D eigenvalue weighted by Gasteiger charge is -2.17. The van der Waals surface area contributed by atoms with Crippen LogP contribution in [0.4, 0.5) is 0 Å². The molecule has 0 aromatic carbocycles. The number of aliphatic carboxylic acids is 1. The number of amides is 1. The maximum atomic E-state index is 12.0. The first-order valence-corrected chi connectivity index (χ1v) is 7.43. The van der Waals surface area contributed by atoms with Crippen molar-refractivity contribution in [2.45, 2.75) is 45.1 Å². The van der Waals surface area contributed by atoms with Crippen LogP contribution in [0.25, 0.3) is 0 Å². The fourth-order valence-electron chi connectivity index (χ4n) is 1.65. The minimum atomic E-state index is -0.988. The van der Waals surface area contributed by atoms with Gasteiger partial charge in [-0.2, -0.15) is 0 Å². The van der Waals surface area contributed by atoms with Gasteiger partial charge in [0, 0.05) is 4.88 Å². The van der Waals surface area contributed by atoms with E-state index in [-0.39, 0.29) is 11.8 Å². The van der Waals surface area contributed by atoms with Crippen LogP contribution < -0.4 is 5.32 Å². The van der Waals surface area contributed by atoms with Crippen LogP contribution >= 0.6 is 22.9 Å². The van der Waals surface area contributed by atoms with Gasteiger partial charge in [0.05, 0.1) is 10.3 Å². The predicted octanol–water partition coefficient (Wildman–Crippen LogP) is 3.26. The number of unbranched alkanes of at least 4 members (excludes halogenated alkanes) is 1. The second kappa shape index (κ2) is 7.50. The smallest absolute Gasteiger partial charge is 0.326 e. The molecular formula is C13H18ClNO3S. The molecule has 4 nitrogen and oxygen atoms in total. The average Bonchev–Trinajstić information content (AvgIpc) is 2.79. The Morgan fingerprint density at radius 3 is 2.63 bits per heavy atom. The summed E-state index contributed by atoms with van der Waals surface area (Å²) in [7, 11) is 0. The highest BCUT2D eigenvalue weighted by atomic mass is 35.5. The van der Waals surface area contributed by atoms with Crippen molar-refractivity contribution in [2.75, 3.05) is 0 Å². The van der Waals surface area contributed by atoms with Crippen molar-refractivity contribution in [1.29, 1.82) is 0 Å². The molecule has 0 bridgehead atoms. The van der Waals surface area contributed by atoms with Gasteiger partial charge in [-0.15, -0.1) is 11.3 Å². The van der Waals surface area contributed by atoms with Crippen molar-refractivity contribution in [3.05, 3.63) is 21.3 Å². The molecule has 1 aromatic heterocycles. The minimum Gasteiger partial charge on any atom is -0.480 e. The van der Waals surface area contributed by atoms with Crippen molar-refractivity contribution in [3.8, 4) is 0 Å². The SMILES string of the molecule is CCCCC(NC(=O)C(C)c1ccc(Cl)s1)C(=O)O. The van der Waals surface area contributed by atoms with E-state index in [0.29, 0.717) is 10.8 Å². The van der Waals surface area contributed by atoms with Gasteiger partial charge in [-0.3, -0.25) is 4.79 Å². The van der Waals surface area contributed by atoms with Crippen molar-refractivity contribution < 1.29 is 14.7 Å². The molecule has 1 amide bonds. The topological polar surface area (TPSA) is 66.4 Å². The number of carboxylic acid groups (broad SMARTS) is 1. The van der Waals surface area contributed by atoms with Crippen LogP contribution in [0.5, 0.6) is 0 Å². The van der Waals surface area contributed by atoms with Gasteiger partial charge in [0.2, 0.25) is 5.91 Å². The van der Waals surface area contributed by atoms with Crippen LogP contribution in [0.3, 0.4) is 0 Å². The maximum Gasteiger partial charge on any atom is 0.326 e. The molecule has 0 aliphatic rings. The van der Waals surface area contributed by atoms with Crippen molar-refractivity contribution >= 4 is 34.8 Å². The summed E-state index contributed by atoms with van der Waals surface area (Å²) in [4.78, 5) is 23.9. The van der Waals surface area contributed by atoms with Crippen molar-refractivity contribution in [1.82, 2.24) is 5.32 Å². The Bertz CT molecular complexity index is 447. The lowest BCUT2D eigenvalue weighted by Crippen LogP contribution is -2.42. The van der Waals surface area contributed by atoms with E-state index in [1.54, 1.807) is 19.1 Å². The fraction of sp³-hybridized carbons (Fsp3) is 0.538. The van der Waals surface area contributed by atoms with Crippen LogP contribution in [-0.2, 0) is 9.59 Å². The van der Waals surface area contributed by atoms with E-state index in [1.807, 2.05) is 6.92 Å². The molecule has 0 spiro atoms. The average molecular weight is 304 g/mol. The number of rotatable bonds is 7. The molecule has 106 valence electrons. The molecule has 6 heteroatoms. The van der Waals surface area contributed by atoms with Crippen molar-refractivity contribution in [2.24, 2.45) is 0 Å². The number of hydrogen-bond donors (Lipinski definition) is 2. The summed E-state index contributed by atoms with van der Waals surface area (Å²) in [5.41, 5.74) is 0. The highest BCUT2D eigenvalue weighted by Gasteiger charge is 2.24. The number of hydrogen-bond acceptors (Lipinski definition) is 3. The van der Waals surface area contributed by atoms with E-state index in [9.17, 15) is 9.59 Å². The Balaban J connectivity index is 2.63. The van der Waals surface area contributed by atoms with Crippen LogP contribution in [0.2, 0.25) is 4.34 Å². The van der Waals surface area contributed by atoms with E-state index in [4.69, 9.17) is 16.7 Å². The zero-order valence-electron chi connectivity index (χ0n) is 11.0. The van der Waals surface area contributed by atoms with Crippen LogP contribution in [0.15, 0.2) is 12.1 Å². The number of carboxylic acids is 1. The van der Waals surface area contributed by atoms with Crippen LogP contribution in [0, 0.1) is 0 Å². The summed E-state index contributed by atoms with van der Waals surface area (Å²) >= 11 is 7.16. The monoisotopic (exact) mass is 303 g/mol. The van der Waals surface area contributed by atoms with E-state index in [2.05, 4.69) is 5.32 Å². The lowest BCUT2D eigenvalue weighted by molar-refractivity contribution is -0.142. The first-order chi connectivity index (χ1) is 8.95. The number of thiophene rings is 1. The Morgan fingerprint density at radius 1 is 1.47 bits per heavy atom. The highest BCUT2D eigenvalue weighted by Crippen LogP contribution is 2.28. The third-order valence-electron chi connectivity index (χ3n) is 2.87. The summed E-state index contributed by atoms with van der Waals surface area (Å²) in [6.45, 7) is 3.73. The van der Waals surface area contributed by atoms with Gasteiger partial charge >= 0.3 is 5.97 Å². The molecular weight excluding hydrogens is 286 g/mol. The highest BCUT2D eigenvalue weighted by molar-refractivity contribution is 7.16. The predicted molar refractivity (Wildman–Crippen MR) is 76.8 cm³/mol. The third-order valence-corrected chi connectivity index (χ3v) is 4.29. The second-order valence-electron chi connectivity index (χ2n) is 4.41. The van der Waals surface area contributed by atoms with E-state index < -0.39 is 12.0 Å². The quantitative estimate of drug-likeness (QED) is 0.812. The van der Waals surface area contributed by atoms with E-state index >= 15 is 0 Å². The van der Waals surface area contributed by atoms with Gasteiger partial charge in [-0.1, -0.05) is 31.4 Å². The lowest BCUT2D eigenvalue weighted by atomic mass is 10.1. The fourth-order valence-corrected chi connectivity index (χ4v) is 2.76. The van der Waals surface area contributed by atoms with E-state index in [0.717, 1.165) is 17.7 Å². The number of carbonyl (C=O) groups is 2. The van der Waals surface area contributed by atoms with Crippen molar-refractivity contribution in [3.63, 3.8) is 0 Å². The van der Waals surface area contributed by atoms with Crippen LogP contribution in [-0.4, -0.2) is 23.0 Å². The molecule has 1 heterocycles. The van der Waals surface area contributed by atoms with Gasteiger partial charge in [-0.25, -0.2) is 4.79 Å². The molecule has 0 saturated heterocycles. The Labute approximate surface area is 121 Å². The van der Waals surface area contributed by atoms with Gasteiger partial charge < -0.3 is 10.4 Å². The Morgan fingerprint density at radius 2 is 2.16 bits per heavy atom. The first-order valence-electron chi connectivity index (χ1n) is 6.24. The molecule has 2 N–H and O–H groups in total. The normalized spacial score (nSPS) is 13.8. The van der Waals surface area contributed by atoms with Crippen LogP contribution in [0.1, 0.15) is 43.9 Å². The number of halogens is 1. The van der Waals surface area contributed by atoms with Gasteiger partial charge in [0.1, 0.15) is 6.04 Å². The molecule has 2 unspecified atom stereocenters. The van der Waals surface area contributed by atoms with Gasteiger partial charge in [-0.05, 0) is 25.5 Å². The standard InChI is InChI=1S/C13H18ClNO3S/c1-3-4-5-9(13(17)18)15-12(16)8(2)10-6-7-11(14)19-10/h6-9H,3-5H2,1-2H3,(H,15,16)(H,17,18). The second-order valence-corrected chi connectivity index (χ2v) is 6.15. The molecule has 0 radical (unpaired) electrons. The summed E-state index contributed by atoms with van der Waals surface area (Å²) in [5, 5.41) is 11.7. The summed E-state index contributed by atoms with van der Waals surface area (Å²) in [5.74, 6) is -1.65. The molecule has 19 heavy (non-hydrogen) atoms. The number of nitrogens with one attached hydrogen (secondary N) is 1. The molecule has 0 saturated carbocycles. The Kier molecular flexibility index (Phi) is 6.31. The summed E-state index contributed by atoms with van der Waals surface area (Å²) in [6.07, 6.45) is 2.13. The van der Waals surface area contributed by atoms with Gasteiger partial charge in [0.15, 0.2) is 0 Å². The largest absolute Gasteiger partial charge is 0.480 e. The zero-order valence-corrected chi connectivity index (χ0v) is 12.6. The maximum absolute atomic E-state index is 12.0. The molecule has 0 aliphatic carbocycles. The number of carbonyl (C=O) groups excluding carboxylic acids is 1. The summed E-state index contributed by atoms with van der Waals surface area (Å²) in [6, 6.07) is 2.71. The Hall–Kier alpha value is -1.07. The van der Waals surface area contributed by atoms with E-state index in [1.165, 1.54) is 11.3 Å². The van der Waals surface area contributed by atoms with Gasteiger partial charge in [0.25, 0.3) is 0 Å².